The Morgan fingerprint density at radius 2 is 1.77 bits per heavy atom. The van der Waals surface area contributed by atoms with E-state index >= 15 is 0 Å². The Hall–Kier alpha value is -2.71. The van der Waals surface area contributed by atoms with Gasteiger partial charge in [-0.15, -0.1) is 0 Å². The zero-order valence-electron chi connectivity index (χ0n) is 22.9. The number of benzene rings is 2. The number of carbonyl (C=O) groups is 1. The molecule has 2 N–H and O–H groups in total. The van der Waals surface area contributed by atoms with E-state index in [0.29, 0.717) is 45.5 Å². The lowest BCUT2D eigenvalue weighted by molar-refractivity contribution is 0.0411. The molecule has 0 radical (unpaired) electrons. The molecular weight excluding hydrogens is 639 g/mol. The number of ether oxygens (including phenoxy) is 2. The number of para-hydroxylation sites is 1. The van der Waals surface area contributed by atoms with Crippen LogP contribution >= 0.6 is 34.8 Å². The molecule has 1 aromatic heterocycles. The number of hydrogen-bond acceptors (Lipinski definition) is 9. The number of nitrogens with zero attached hydrogens (tertiary/aromatic N) is 4. The van der Waals surface area contributed by atoms with Gasteiger partial charge < -0.3 is 19.7 Å². The molecule has 15 heteroatoms. The maximum absolute atomic E-state index is 13.1. The summed E-state index contributed by atoms with van der Waals surface area (Å²) < 4.78 is 37.8. The third-order valence-electron chi connectivity index (χ3n) is 7.83. The number of anilines is 3. The van der Waals surface area contributed by atoms with Gasteiger partial charge in [0.25, 0.3) is 5.91 Å². The van der Waals surface area contributed by atoms with E-state index in [1.165, 1.54) is 11.1 Å². The Balaban J connectivity index is 1.04. The summed E-state index contributed by atoms with van der Waals surface area (Å²) in [4.78, 5) is 25.5. The number of piperidine rings is 1. The van der Waals surface area contributed by atoms with E-state index in [1.54, 1.807) is 18.2 Å². The van der Waals surface area contributed by atoms with Crippen LogP contribution in [0.4, 0.5) is 17.3 Å². The lowest BCUT2D eigenvalue weighted by Crippen LogP contribution is -2.48. The third kappa shape index (κ3) is 6.56. The zero-order valence-corrected chi connectivity index (χ0v) is 26.0. The Bertz CT molecular complexity index is 1610. The highest BCUT2D eigenvalue weighted by atomic mass is 35.5. The molecule has 0 saturated carbocycles. The molecule has 3 aromatic rings. The van der Waals surface area contributed by atoms with Crippen LogP contribution in [0.25, 0.3) is 0 Å². The maximum atomic E-state index is 13.1. The van der Waals surface area contributed by atoms with E-state index in [1.807, 2.05) is 18.2 Å². The van der Waals surface area contributed by atoms with Crippen LogP contribution in [0.5, 0.6) is 5.88 Å². The van der Waals surface area contributed by atoms with E-state index in [4.69, 9.17) is 44.3 Å². The first-order valence-corrected chi connectivity index (χ1v) is 16.5. The fourth-order valence-corrected chi connectivity index (χ4v) is 7.41. The predicted octanol–water partition coefficient (Wildman–Crippen LogP) is 4.67. The van der Waals surface area contributed by atoms with Crippen molar-refractivity contribution in [3.05, 3.63) is 68.8 Å². The molecule has 43 heavy (non-hydrogen) atoms. The molecule has 228 valence electrons. The van der Waals surface area contributed by atoms with Crippen LogP contribution in [0.2, 0.25) is 15.1 Å². The second-order valence-corrected chi connectivity index (χ2v) is 13.8. The van der Waals surface area contributed by atoms with Crippen molar-refractivity contribution in [2.75, 3.05) is 56.3 Å². The van der Waals surface area contributed by atoms with E-state index in [2.05, 4.69) is 24.9 Å². The van der Waals surface area contributed by atoms with Crippen molar-refractivity contribution < 1.29 is 22.7 Å². The monoisotopic (exact) mass is 666 g/mol. The Morgan fingerprint density at radius 3 is 2.44 bits per heavy atom. The van der Waals surface area contributed by atoms with Crippen molar-refractivity contribution in [3.8, 4) is 5.88 Å². The standard InChI is InChI=1S/C28H29Cl3N6O5S/c29-22-2-1-3-23(30)25(22)37-16-42-26-21(27(37)38)13-32-28(35-26)34-18-4-5-20(24(31)12-18)17-6-9-36(10-7-17)11-8-33-43(39,40)19-14-41-15-19/h1-5,12-13,17,19,33H,6-11,14-16H2,(H,32,34,35). The highest BCUT2D eigenvalue weighted by molar-refractivity contribution is 7.90. The fraction of sp³-hybridized carbons (Fsp3) is 0.393. The summed E-state index contributed by atoms with van der Waals surface area (Å²) in [7, 11) is -3.30. The average Bonchev–Trinajstić information content (AvgIpc) is 2.93. The topological polar surface area (TPSA) is 126 Å². The number of nitrogens with one attached hydrogen (secondary N) is 2. The molecule has 1 amide bonds. The number of fused-ring (bicyclic) bond motifs is 1. The normalized spacial score (nSPS) is 18.2. The number of sulfonamides is 1. The highest BCUT2D eigenvalue weighted by Gasteiger charge is 2.33. The molecule has 0 spiro atoms. The molecule has 0 atom stereocenters. The van der Waals surface area contributed by atoms with Crippen LogP contribution in [0.1, 0.15) is 34.7 Å². The molecule has 11 nitrogen and oxygen atoms in total. The summed E-state index contributed by atoms with van der Waals surface area (Å²) in [5.41, 5.74) is 2.32. The van der Waals surface area contributed by atoms with Crippen LogP contribution in [-0.4, -0.2) is 80.6 Å². The first kappa shape index (κ1) is 30.3. The van der Waals surface area contributed by atoms with Crippen molar-refractivity contribution in [3.63, 3.8) is 0 Å². The summed E-state index contributed by atoms with van der Waals surface area (Å²) in [5, 5.41) is 4.00. The van der Waals surface area contributed by atoms with Crippen molar-refractivity contribution in [1.82, 2.24) is 19.6 Å². The molecule has 3 aliphatic rings. The zero-order chi connectivity index (χ0) is 30.1. The SMILES string of the molecule is O=C1c2cnc(Nc3ccc(C4CCN(CCNS(=O)(=O)C5COC5)CC4)c(Cl)c3)nc2OCN1c1c(Cl)cccc1Cl. The lowest BCUT2D eigenvalue weighted by atomic mass is 9.89. The van der Waals surface area contributed by atoms with Gasteiger partial charge in [0, 0.05) is 30.0 Å². The summed E-state index contributed by atoms with van der Waals surface area (Å²) in [5.74, 6) is 0.344. The lowest BCUT2D eigenvalue weighted by Gasteiger charge is -2.33. The van der Waals surface area contributed by atoms with Gasteiger partial charge in [0.15, 0.2) is 6.73 Å². The maximum Gasteiger partial charge on any atom is 0.268 e. The van der Waals surface area contributed by atoms with Gasteiger partial charge in [-0.05, 0) is 61.7 Å². The smallest absolute Gasteiger partial charge is 0.268 e. The number of halogens is 3. The minimum atomic E-state index is -3.30. The third-order valence-corrected chi connectivity index (χ3v) is 10.5. The molecule has 0 unspecified atom stereocenters. The van der Waals surface area contributed by atoms with E-state index < -0.39 is 15.3 Å². The molecule has 2 saturated heterocycles. The molecule has 3 aliphatic heterocycles. The molecular formula is C28H29Cl3N6O5S. The van der Waals surface area contributed by atoms with Gasteiger partial charge in [-0.2, -0.15) is 4.98 Å². The van der Waals surface area contributed by atoms with E-state index in [9.17, 15) is 13.2 Å². The van der Waals surface area contributed by atoms with Crippen molar-refractivity contribution in [2.45, 2.75) is 24.0 Å². The van der Waals surface area contributed by atoms with Crippen molar-refractivity contribution >= 4 is 68.1 Å². The van der Waals surface area contributed by atoms with Crippen molar-refractivity contribution in [1.29, 1.82) is 0 Å². The van der Waals surface area contributed by atoms with Gasteiger partial charge >= 0.3 is 0 Å². The number of amides is 1. The quantitative estimate of drug-likeness (QED) is 0.335. The predicted molar refractivity (Wildman–Crippen MR) is 165 cm³/mol. The van der Waals surface area contributed by atoms with E-state index in [0.717, 1.165) is 31.5 Å². The molecule has 2 fully saturated rings. The van der Waals surface area contributed by atoms with Gasteiger partial charge in [-0.1, -0.05) is 46.9 Å². The number of likely N-dealkylation sites (tertiary alicyclic amines) is 1. The number of hydrogen-bond donors (Lipinski definition) is 2. The minimum absolute atomic E-state index is 0.101. The first-order valence-electron chi connectivity index (χ1n) is 13.8. The summed E-state index contributed by atoms with van der Waals surface area (Å²) in [6.07, 6.45) is 3.25. The van der Waals surface area contributed by atoms with Crippen LogP contribution in [0.3, 0.4) is 0 Å². The van der Waals surface area contributed by atoms with Crippen LogP contribution in [-0.2, 0) is 14.8 Å². The summed E-state index contributed by atoms with van der Waals surface area (Å²) in [6.45, 7) is 3.21. The highest BCUT2D eigenvalue weighted by Crippen LogP contribution is 2.38. The largest absolute Gasteiger partial charge is 0.455 e. The molecule has 0 bridgehead atoms. The van der Waals surface area contributed by atoms with Gasteiger partial charge in [0.2, 0.25) is 21.9 Å². The number of carbonyl (C=O) groups excluding carboxylic acids is 1. The summed E-state index contributed by atoms with van der Waals surface area (Å²) in [6, 6.07) is 10.8. The first-order chi connectivity index (χ1) is 20.7. The molecule has 0 aliphatic carbocycles. The van der Waals surface area contributed by atoms with Gasteiger partial charge in [-0.3, -0.25) is 9.69 Å². The van der Waals surface area contributed by atoms with Crippen molar-refractivity contribution in [2.24, 2.45) is 0 Å². The van der Waals surface area contributed by atoms with Crippen LogP contribution in [0, 0.1) is 0 Å². The second kappa shape index (κ2) is 12.7. The molecule has 2 aromatic carbocycles. The van der Waals surface area contributed by atoms with Gasteiger partial charge in [0.05, 0.1) is 28.9 Å². The number of aromatic nitrogens is 2. The minimum Gasteiger partial charge on any atom is -0.455 e. The Morgan fingerprint density at radius 1 is 1.02 bits per heavy atom. The van der Waals surface area contributed by atoms with Gasteiger partial charge in [-0.25, -0.2) is 18.1 Å². The Kier molecular flexibility index (Phi) is 8.97. The molecule has 6 rings (SSSR count). The number of rotatable bonds is 9. The molecule has 4 heterocycles. The van der Waals surface area contributed by atoms with E-state index in [-0.39, 0.29) is 43.2 Å². The van der Waals surface area contributed by atoms with Crippen LogP contribution in [0.15, 0.2) is 42.6 Å². The average molecular weight is 668 g/mol. The second-order valence-electron chi connectivity index (χ2n) is 10.6. The summed E-state index contributed by atoms with van der Waals surface area (Å²) >= 11 is 19.3. The fourth-order valence-electron chi connectivity index (χ4n) is 5.32. The van der Waals surface area contributed by atoms with Gasteiger partial charge in [0.1, 0.15) is 10.8 Å². The Labute approximate surface area is 264 Å². The van der Waals surface area contributed by atoms with Crippen LogP contribution < -0.4 is 19.7 Å².